The Morgan fingerprint density at radius 3 is 2.35 bits per heavy atom. The number of hydrogen-bond acceptors (Lipinski definition) is 3. The number of nitrogens with one attached hydrogen (secondary N) is 1. The van der Waals surface area contributed by atoms with Crippen molar-refractivity contribution >= 4 is 23.1 Å². The molecule has 1 aliphatic heterocycles. The summed E-state index contributed by atoms with van der Waals surface area (Å²) in [7, 11) is 0. The summed E-state index contributed by atoms with van der Waals surface area (Å²) in [5.41, 5.74) is 18.7. The molecule has 0 spiro atoms. The fourth-order valence-corrected chi connectivity index (χ4v) is 5.99. The van der Waals surface area contributed by atoms with Gasteiger partial charge in [0.25, 0.3) is 0 Å². The topological polar surface area (TPSA) is 38.0 Å². The lowest BCUT2D eigenvalue weighted by atomic mass is 9.86. The fraction of sp³-hybridized carbons (Fsp3) is 0.176. The van der Waals surface area contributed by atoms with Crippen molar-refractivity contribution in [2.75, 3.05) is 11.1 Å². The number of hydrogen-bond donors (Lipinski definition) is 2. The first-order valence-electron chi connectivity index (χ1n) is 12.9. The van der Waals surface area contributed by atoms with Gasteiger partial charge in [0, 0.05) is 27.6 Å². The van der Waals surface area contributed by atoms with E-state index in [9.17, 15) is 0 Å². The number of anilines is 1. The van der Waals surface area contributed by atoms with Gasteiger partial charge in [-0.3, -0.25) is 0 Å². The SMILES string of the molecule is C/C=C\C=C/C1=CC(Nc2cc(-c3ccccc3C)c3c(c2)-c2ccccc2/C(N)=C(\C)SCC3)C=C1. The summed E-state index contributed by atoms with van der Waals surface area (Å²) in [6.07, 6.45) is 16.0. The van der Waals surface area contributed by atoms with Crippen molar-refractivity contribution in [3.63, 3.8) is 0 Å². The molecule has 1 aliphatic carbocycles. The molecule has 2 aliphatic rings. The maximum absolute atomic E-state index is 6.71. The Balaban J connectivity index is 1.67. The largest absolute Gasteiger partial charge is 0.398 e. The molecule has 1 heterocycles. The summed E-state index contributed by atoms with van der Waals surface area (Å²) in [6.45, 7) is 6.38. The Bertz CT molecular complexity index is 1470. The lowest BCUT2D eigenvalue weighted by Crippen LogP contribution is -2.13. The highest BCUT2D eigenvalue weighted by atomic mass is 32.2. The molecule has 0 saturated heterocycles. The average molecular weight is 503 g/mol. The maximum atomic E-state index is 6.71. The Morgan fingerprint density at radius 1 is 0.892 bits per heavy atom. The van der Waals surface area contributed by atoms with Crippen LogP contribution in [0.5, 0.6) is 0 Å². The van der Waals surface area contributed by atoms with Crippen LogP contribution in [0.4, 0.5) is 5.69 Å². The van der Waals surface area contributed by atoms with E-state index in [1.54, 1.807) is 0 Å². The predicted octanol–water partition coefficient (Wildman–Crippen LogP) is 8.67. The van der Waals surface area contributed by atoms with Crippen LogP contribution in [-0.4, -0.2) is 11.8 Å². The second kappa shape index (κ2) is 11.1. The average Bonchev–Trinajstić information content (AvgIpc) is 3.37. The highest BCUT2D eigenvalue weighted by molar-refractivity contribution is 8.03. The van der Waals surface area contributed by atoms with Gasteiger partial charge in [0.05, 0.1) is 6.04 Å². The Morgan fingerprint density at radius 2 is 1.59 bits per heavy atom. The number of thioether (sulfide) groups is 1. The summed E-state index contributed by atoms with van der Waals surface area (Å²) in [6, 6.07) is 22.1. The van der Waals surface area contributed by atoms with Crippen molar-refractivity contribution in [2.24, 2.45) is 5.73 Å². The predicted molar refractivity (Wildman–Crippen MR) is 164 cm³/mol. The van der Waals surface area contributed by atoms with Crippen LogP contribution < -0.4 is 11.1 Å². The van der Waals surface area contributed by atoms with Crippen LogP contribution in [0.15, 0.2) is 114 Å². The van der Waals surface area contributed by atoms with Gasteiger partial charge in [-0.1, -0.05) is 91.1 Å². The molecule has 186 valence electrons. The molecule has 3 aromatic carbocycles. The highest BCUT2D eigenvalue weighted by Crippen LogP contribution is 2.42. The Labute approximate surface area is 225 Å². The monoisotopic (exact) mass is 502 g/mol. The first-order valence-corrected chi connectivity index (χ1v) is 13.9. The van der Waals surface area contributed by atoms with Crippen molar-refractivity contribution in [3.8, 4) is 22.3 Å². The third-order valence-electron chi connectivity index (χ3n) is 7.04. The van der Waals surface area contributed by atoms with Crippen molar-refractivity contribution in [1.29, 1.82) is 0 Å². The quantitative estimate of drug-likeness (QED) is 0.343. The van der Waals surface area contributed by atoms with Crippen LogP contribution in [0.3, 0.4) is 0 Å². The van der Waals surface area contributed by atoms with Gasteiger partial charge < -0.3 is 11.1 Å². The minimum atomic E-state index is 0.141. The van der Waals surface area contributed by atoms with Gasteiger partial charge in [0.2, 0.25) is 0 Å². The van der Waals surface area contributed by atoms with Crippen molar-refractivity contribution in [3.05, 3.63) is 130 Å². The number of allylic oxidation sites excluding steroid dienone is 7. The van der Waals surface area contributed by atoms with Gasteiger partial charge >= 0.3 is 0 Å². The van der Waals surface area contributed by atoms with E-state index in [2.05, 4.69) is 116 Å². The van der Waals surface area contributed by atoms with Gasteiger partial charge in [-0.05, 0) is 78.3 Å². The standard InChI is InChI=1S/C34H34N2S/c1-4-5-6-12-25-16-17-26(20-25)36-27-21-32(28-13-8-7-11-23(28)2)30-18-19-37-24(3)34(35)31-15-10-9-14-29(31)33(30)22-27/h4-17,20-22,26,36H,18-19,35H2,1-3H3/b5-4-,12-6-,34-24-. The number of aryl methyl sites for hydroxylation is 1. The summed E-state index contributed by atoms with van der Waals surface area (Å²) in [5, 5.41) is 3.78. The summed E-state index contributed by atoms with van der Waals surface area (Å²) in [5.74, 6) is 0.995. The van der Waals surface area contributed by atoms with E-state index in [1.807, 2.05) is 24.8 Å². The van der Waals surface area contributed by atoms with Crippen LogP contribution in [0.2, 0.25) is 0 Å². The minimum absolute atomic E-state index is 0.141. The van der Waals surface area contributed by atoms with E-state index >= 15 is 0 Å². The smallest absolute Gasteiger partial charge is 0.0640 e. The molecule has 2 nitrogen and oxygen atoms in total. The fourth-order valence-electron chi connectivity index (χ4n) is 5.11. The molecule has 37 heavy (non-hydrogen) atoms. The van der Waals surface area contributed by atoms with E-state index in [4.69, 9.17) is 5.73 Å². The Hall–Kier alpha value is -3.69. The zero-order chi connectivity index (χ0) is 25.8. The molecule has 0 saturated carbocycles. The van der Waals surface area contributed by atoms with E-state index in [0.29, 0.717) is 0 Å². The van der Waals surface area contributed by atoms with E-state index < -0.39 is 0 Å². The molecule has 1 unspecified atom stereocenters. The molecule has 3 N–H and O–H groups in total. The van der Waals surface area contributed by atoms with Gasteiger partial charge in [0.15, 0.2) is 0 Å². The normalized spacial score (nSPS) is 19.3. The summed E-state index contributed by atoms with van der Waals surface area (Å²) in [4.78, 5) is 1.19. The lowest BCUT2D eigenvalue weighted by Gasteiger charge is -2.21. The van der Waals surface area contributed by atoms with E-state index in [0.717, 1.165) is 29.1 Å². The molecule has 0 fully saturated rings. The van der Waals surface area contributed by atoms with Crippen LogP contribution in [0.25, 0.3) is 28.0 Å². The molecule has 0 amide bonds. The number of nitrogens with two attached hydrogens (primary N) is 1. The molecular formula is C34H34N2S. The molecule has 3 heteroatoms. The van der Waals surface area contributed by atoms with Crippen molar-refractivity contribution < 1.29 is 0 Å². The third kappa shape index (κ3) is 5.38. The van der Waals surface area contributed by atoms with Gasteiger partial charge in [0.1, 0.15) is 0 Å². The first-order chi connectivity index (χ1) is 18.0. The Kier molecular flexibility index (Phi) is 7.52. The molecule has 1 atom stereocenters. The van der Waals surface area contributed by atoms with Crippen molar-refractivity contribution in [1.82, 2.24) is 0 Å². The molecule has 0 bridgehead atoms. The van der Waals surface area contributed by atoms with Gasteiger partial charge in [-0.2, -0.15) is 0 Å². The van der Waals surface area contributed by atoms with E-state index in [1.165, 1.54) is 43.9 Å². The first kappa shape index (κ1) is 25.0. The lowest BCUT2D eigenvalue weighted by molar-refractivity contribution is 1.12. The van der Waals surface area contributed by atoms with E-state index in [-0.39, 0.29) is 6.04 Å². The van der Waals surface area contributed by atoms with Crippen LogP contribution in [0, 0.1) is 6.92 Å². The zero-order valence-corrected chi connectivity index (χ0v) is 22.6. The molecular weight excluding hydrogens is 468 g/mol. The van der Waals surface area contributed by atoms with Crippen LogP contribution >= 0.6 is 11.8 Å². The zero-order valence-electron chi connectivity index (χ0n) is 21.8. The third-order valence-corrected chi connectivity index (χ3v) is 8.10. The number of benzene rings is 3. The van der Waals surface area contributed by atoms with Crippen LogP contribution in [0.1, 0.15) is 30.5 Å². The van der Waals surface area contributed by atoms with Crippen molar-refractivity contribution in [2.45, 2.75) is 33.2 Å². The second-order valence-electron chi connectivity index (χ2n) is 9.56. The molecule has 0 radical (unpaired) electrons. The number of fused-ring (bicyclic) bond motifs is 3. The highest BCUT2D eigenvalue weighted by Gasteiger charge is 2.21. The number of rotatable bonds is 5. The maximum Gasteiger partial charge on any atom is 0.0640 e. The molecule has 3 aromatic rings. The summed E-state index contributed by atoms with van der Waals surface area (Å²) >= 11 is 1.86. The van der Waals surface area contributed by atoms with Gasteiger partial charge in [-0.25, -0.2) is 0 Å². The summed E-state index contributed by atoms with van der Waals surface area (Å²) < 4.78 is 0. The molecule has 0 aromatic heterocycles. The molecule has 5 rings (SSSR count). The van der Waals surface area contributed by atoms with Gasteiger partial charge in [-0.15, -0.1) is 11.8 Å². The van der Waals surface area contributed by atoms with Crippen LogP contribution in [-0.2, 0) is 6.42 Å². The minimum Gasteiger partial charge on any atom is -0.398 e. The second-order valence-corrected chi connectivity index (χ2v) is 10.9.